The first-order valence-corrected chi connectivity index (χ1v) is 12.1. The number of esters is 1. The van der Waals surface area contributed by atoms with Gasteiger partial charge in [-0.1, -0.05) is 39.1 Å². The summed E-state index contributed by atoms with van der Waals surface area (Å²) in [6, 6.07) is 15.9. The fourth-order valence-electron chi connectivity index (χ4n) is 2.84. The molecule has 3 aromatic carbocycles. The zero-order chi connectivity index (χ0) is 26.1. The Hall–Kier alpha value is -3.40. The van der Waals surface area contributed by atoms with E-state index < -0.39 is 17.8 Å². The second-order valence-corrected chi connectivity index (χ2v) is 8.86. The maximum atomic E-state index is 12.6. The Labute approximate surface area is 225 Å². The molecule has 0 bridgehead atoms. The first kappa shape index (κ1) is 27.2. The minimum Gasteiger partial charge on any atom is -0.494 e. The highest BCUT2D eigenvalue weighted by atomic mass is 79.9. The maximum Gasteiger partial charge on any atom is 0.343 e. The number of hydrogen-bond donors (Lipinski definition) is 2. The van der Waals surface area contributed by atoms with Crippen LogP contribution in [0.4, 0.5) is 0 Å². The SMILES string of the molecule is CCOc1ccc(C(=O)Oc2ccc(Br)cc2/C=N\NC(=O)CNC(=O)c2ccc(Cl)c(Cl)c2)cc1. The van der Waals surface area contributed by atoms with Crippen LogP contribution >= 0.6 is 39.1 Å². The largest absolute Gasteiger partial charge is 0.494 e. The monoisotopic (exact) mass is 591 g/mol. The summed E-state index contributed by atoms with van der Waals surface area (Å²) >= 11 is 15.1. The van der Waals surface area contributed by atoms with Crippen LogP contribution in [-0.2, 0) is 4.79 Å². The highest BCUT2D eigenvalue weighted by Gasteiger charge is 2.13. The molecule has 0 saturated heterocycles. The Kier molecular flexibility index (Phi) is 9.86. The van der Waals surface area contributed by atoms with Crippen molar-refractivity contribution in [1.82, 2.24) is 10.7 Å². The molecule has 0 aliphatic heterocycles. The van der Waals surface area contributed by atoms with E-state index >= 15 is 0 Å². The van der Waals surface area contributed by atoms with Gasteiger partial charge in [-0.15, -0.1) is 0 Å². The van der Waals surface area contributed by atoms with Crippen LogP contribution in [0, 0.1) is 0 Å². The number of nitrogens with zero attached hydrogens (tertiary/aromatic N) is 1. The zero-order valence-electron chi connectivity index (χ0n) is 18.9. The number of carbonyl (C=O) groups is 3. The highest BCUT2D eigenvalue weighted by molar-refractivity contribution is 9.10. The van der Waals surface area contributed by atoms with Gasteiger partial charge >= 0.3 is 5.97 Å². The van der Waals surface area contributed by atoms with Gasteiger partial charge in [0.05, 0.1) is 35.0 Å². The molecule has 11 heteroatoms. The van der Waals surface area contributed by atoms with Crippen LogP contribution in [0.1, 0.15) is 33.2 Å². The number of amides is 2. The Morgan fingerprint density at radius 3 is 2.39 bits per heavy atom. The molecule has 0 spiro atoms. The van der Waals surface area contributed by atoms with Crippen LogP contribution in [0.15, 0.2) is 70.2 Å². The minimum absolute atomic E-state index is 0.228. The molecule has 0 radical (unpaired) electrons. The number of ether oxygens (including phenoxy) is 2. The summed E-state index contributed by atoms with van der Waals surface area (Å²) in [5.74, 6) is -0.743. The minimum atomic E-state index is -0.567. The van der Waals surface area contributed by atoms with E-state index in [0.717, 1.165) is 0 Å². The Bertz CT molecular complexity index is 1300. The number of benzene rings is 3. The quantitative estimate of drug-likeness (QED) is 0.153. The van der Waals surface area contributed by atoms with Gasteiger partial charge in [-0.05, 0) is 67.6 Å². The van der Waals surface area contributed by atoms with E-state index in [4.69, 9.17) is 32.7 Å². The molecule has 3 rings (SSSR count). The summed E-state index contributed by atoms with van der Waals surface area (Å²) in [7, 11) is 0. The number of rotatable bonds is 9. The normalized spacial score (nSPS) is 10.7. The van der Waals surface area contributed by atoms with E-state index in [9.17, 15) is 14.4 Å². The summed E-state index contributed by atoms with van der Waals surface area (Å²) in [4.78, 5) is 36.8. The van der Waals surface area contributed by atoms with Gasteiger partial charge in [-0.3, -0.25) is 9.59 Å². The lowest BCUT2D eigenvalue weighted by Gasteiger charge is -2.09. The smallest absolute Gasteiger partial charge is 0.343 e. The van der Waals surface area contributed by atoms with Crippen LogP contribution in [0.5, 0.6) is 11.5 Å². The van der Waals surface area contributed by atoms with Gasteiger partial charge in [-0.25, -0.2) is 10.2 Å². The van der Waals surface area contributed by atoms with Crippen molar-refractivity contribution >= 4 is 63.1 Å². The molecule has 0 saturated carbocycles. The van der Waals surface area contributed by atoms with E-state index in [-0.39, 0.29) is 22.9 Å². The molecule has 8 nitrogen and oxygen atoms in total. The van der Waals surface area contributed by atoms with Gasteiger partial charge in [0, 0.05) is 15.6 Å². The summed E-state index contributed by atoms with van der Waals surface area (Å²) in [5, 5.41) is 6.89. The van der Waals surface area contributed by atoms with Crippen LogP contribution in [0.2, 0.25) is 10.0 Å². The van der Waals surface area contributed by atoms with E-state index in [1.807, 2.05) is 6.92 Å². The lowest BCUT2D eigenvalue weighted by molar-refractivity contribution is -0.120. The van der Waals surface area contributed by atoms with Crippen molar-refractivity contribution in [3.63, 3.8) is 0 Å². The van der Waals surface area contributed by atoms with Crippen molar-refractivity contribution in [2.45, 2.75) is 6.92 Å². The number of hydrogen-bond acceptors (Lipinski definition) is 6. The van der Waals surface area contributed by atoms with E-state index in [1.165, 1.54) is 24.4 Å². The summed E-state index contributed by atoms with van der Waals surface area (Å²) in [5.41, 5.74) is 3.34. The van der Waals surface area contributed by atoms with Gasteiger partial charge in [0.2, 0.25) is 0 Å². The molecule has 0 atom stereocenters. The fraction of sp³-hybridized carbons (Fsp3) is 0.120. The summed E-state index contributed by atoms with van der Waals surface area (Å²) in [6.45, 7) is 2.06. The number of nitrogens with one attached hydrogen (secondary N) is 2. The van der Waals surface area contributed by atoms with E-state index in [1.54, 1.807) is 42.5 Å². The number of carbonyl (C=O) groups excluding carboxylic acids is 3. The topological polar surface area (TPSA) is 106 Å². The van der Waals surface area contributed by atoms with E-state index in [2.05, 4.69) is 31.8 Å². The zero-order valence-corrected chi connectivity index (χ0v) is 22.0. The van der Waals surface area contributed by atoms with Gasteiger partial charge in [0.25, 0.3) is 11.8 Å². The van der Waals surface area contributed by atoms with Crippen molar-refractivity contribution in [2.75, 3.05) is 13.2 Å². The maximum absolute atomic E-state index is 12.6. The van der Waals surface area contributed by atoms with Crippen LogP contribution in [0.25, 0.3) is 0 Å². The molecule has 0 aromatic heterocycles. The van der Waals surface area contributed by atoms with Crippen molar-refractivity contribution in [3.8, 4) is 11.5 Å². The lowest BCUT2D eigenvalue weighted by atomic mass is 10.2. The Morgan fingerprint density at radius 2 is 1.69 bits per heavy atom. The third kappa shape index (κ3) is 7.81. The predicted molar refractivity (Wildman–Crippen MR) is 141 cm³/mol. The number of halogens is 3. The fourth-order valence-corrected chi connectivity index (χ4v) is 3.52. The molecule has 0 aliphatic carbocycles. The molecule has 2 amide bonds. The standard InChI is InChI=1S/C25H20BrCl2N3O5/c1-2-35-19-7-3-15(4-8-19)25(34)36-22-10-6-18(26)11-17(22)13-30-31-23(32)14-29-24(33)16-5-9-20(27)21(28)12-16/h3-13H,2,14H2,1H3,(H,29,33)(H,31,32)/b30-13-. The molecule has 2 N–H and O–H groups in total. The second kappa shape index (κ2) is 13.1. The van der Waals surface area contributed by atoms with Crippen LogP contribution in [0.3, 0.4) is 0 Å². The summed E-state index contributed by atoms with van der Waals surface area (Å²) in [6.07, 6.45) is 1.32. The molecule has 0 heterocycles. The first-order chi connectivity index (χ1) is 17.3. The lowest BCUT2D eigenvalue weighted by Crippen LogP contribution is -2.34. The Balaban J connectivity index is 1.58. The van der Waals surface area contributed by atoms with E-state index in [0.29, 0.717) is 33.0 Å². The van der Waals surface area contributed by atoms with Crippen LogP contribution < -0.4 is 20.2 Å². The molecule has 3 aromatic rings. The van der Waals surface area contributed by atoms with Gasteiger partial charge in [0.1, 0.15) is 11.5 Å². The average Bonchev–Trinajstić information content (AvgIpc) is 2.86. The molecule has 186 valence electrons. The molecule has 0 fully saturated rings. The molecular formula is C25H20BrCl2N3O5. The predicted octanol–water partition coefficient (Wildman–Crippen LogP) is 5.25. The molecular weight excluding hydrogens is 573 g/mol. The molecule has 0 aliphatic rings. The average molecular weight is 593 g/mol. The van der Waals surface area contributed by atoms with Gasteiger partial charge in [0.15, 0.2) is 0 Å². The van der Waals surface area contributed by atoms with Crippen molar-refractivity contribution in [1.29, 1.82) is 0 Å². The highest BCUT2D eigenvalue weighted by Crippen LogP contribution is 2.24. The third-order valence-corrected chi connectivity index (χ3v) is 5.79. The van der Waals surface area contributed by atoms with Crippen molar-refractivity contribution < 1.29 is 23.9 Å². The van der Waals surface area contributed by atoms with Gasteiger partial charge < -0.3 is 14.8 Å². The van der Waals surface area contributed by atoms with Crippen LogP contribution in [-0.4, -0.2) is 37.1 Å². The Morgan fingerprint density at radius 1 is 0.972 bits per heavy atom. The number of hydrazone groups is 1. The first-order valence-electron chi connectivity index (χ1n) is 10.6. The summed E-state index contributed by atoms with van der Waals surface area (Å²) < 4.78 is 11.6. The van der Waals surface area contributed by atoms with Crippen molar-refractivity contribution in [3.05, 3.63) is 91.9 Å². The molecule has 0 unspecified atom stereocenters. The second-order valence-electron chi connectivity index (χ2n) is 7.13. The third-order valence-electron chi connectivity index (χ3n) is 4.56. The van der Waals surface area contributed by atoms with Gasteiger partial charge in [-0.2, -0.15) is 5.10 Å². The van der Waals surface area contributed by atoms with Crippen molar-refractivity contribution in [2.24, 2.45) is 5.10 Å². The molecule has 36 heavy (non-hydrogen) atoms.